The number of allylic oxidation sites excluding steroid dienone is 2. The van der Waals surface area contributed by atoms with E-state index in [-0.39, 0.29) is 5.57 Å². The molecule has 0 aliphatic heterocycles. The van der Waals surface area contributed by atoms with Gasteiger partial charge in [-0.3, -0.25) is 0 Å². The molecule has 4 heteroatoms. The highest BCUT2D eigenvalue weighted by Crippen LogP contribution is 2.19. The van der Waals surface area contributed by atoms with E-state index < -0.39 is 5.97 Å². The second kappa shape index (κ2) is 8.17. The maximum atomic E-state index is 10.6. The summed E-state index contributed by atoms with van der Waals surface area (Å²) in [5, 5.41) is 17.2. The zero-order valence-electron chi connectivity index (χ0n) is 10.7. The average molecular weight is 273 g/mol. The SMILES string of the molecule is CCCSc1ccc(C=CC=C(C#N)C(=O)O)cc1. The van der Waals surface area contributed by atoms with Crippen LogP contribution in [0.25, 0.3) is 6.08 Å². The van der Waals surface area contributed by atoms with Crippen LogP contribution >= 0.6 is 11.8 Å². The molecule has 0 saturated heterocycles. The quantitative estimate of drug-likeness (QED) is 0.371. The number of carboxylic acids is 1. The molecular formula is C15H15NO2S. The van der Waals surface area contributed by atoms with Gasteiger partial charge in [0.2, 0.25) is 0 Å². The summed E-state index contributed by atoms with van der Waals surface area (Å²) in [4.78, 5) is 11.8. The van der Waals surface area contributed by atoms with Gasteiger partial charge in [0.05, 0.1) is 0 Å². The van der Waals surface area contributed by atoms with Gasteiger partial charge < -0.3 is 5.11 Å². The van der Waals surface area contributed by atoms with E-state index in [2.05, 4.69) is 6.92 Å². The van der Waals surface area contributed by atoms with E-state index >= 15 is 0 Å². The highest BCUT2D eigenvalue weighted by molar-refractivity contribution is 7.99. The van der Waals surface area contributed by atoms with Gasteiger partial charge in [-0.1, -0.05) is 31.2 Å². The van der Waals surface area contributed by atoms with Crippen LogP contribution in [0.15, 0.2) is 46.9 Å². The molecule has 98 valence electrons. The Balaban J connectivity index is 2.68. The van der Waals surface area contributed by atoms with Crippen LogP contribution in [-0.2, 0) is 4.79 Å². The van der Waals surface area contributed by atoms with Gasteiger partial charge in [-0.25, -0.2) is 4.79 Å². The number of hydrogen-bond acceptors (Lipinski definition) is 3. The molecule has 0 radical (unpaired) electrons. The van der Waals surface area contributed by atoms with Gasteiger partial charge >= 0.3 is 5.97 Å². The van der Waals surface area contributed by atoms with Crippen molar-refractivity contribution in [1.29, 1.82) is 5.26 Å². The molecule has 0 heterocycles. The van der Waals surface area contributed by atoms with E-state index in [1.807, 2.05) is 36.0 Å². The molecule has 0 saturated carbocycles. The molecule has 0 bridgehead atoms. The standard InChI is InChI=1S/C15H15NO2S/c1-2-10-19-14-8-6-12(7-9-14)4-3-5-13(11-16)15(17)18/h3-9H,2,10H2,1H3,(H,17,18). The number of aliphatic carboxylic acids is 1. The second-order valence-corrected chi connectivity index (χ2v) is 4.94. The van der Waals surface area contributed by atoms with Crippen molar-refractivity contribution < 1.29 is 9.90 Å². The number of carbonyl (C=O) groups is 1. The Morgan fingerprint density at radius 3 is 2.63 bits per heavy atom. The molecule has 0 atom stereocenters. The summed E-state index contributed by atoms with van der Waals surface area (Å²) in [7, 11) is 0. The Hall–Kier alpha value is -1.99. The number of rotatable bonds is 6. The molecule has 19 heavy (non-hydrogen) atoms. The van der Waals surface area contributed by atoms with Gasteiger partial charge in [0.15, 0.2) is 0 Å². The summed E-state index contributed by atoms with van der Waals surface area (Å²) < 4.78 is 0. The van der Waals surface area contributed by atoms with Crippen LogP contribution in [0.5, 0.6) is 0 Å². The molecule has 1 aromatic carbocycles. The van der Waals surface area contributed by atoms with Gasteiger partial charge in [0, 0.05) is 4.90 Å². The minimum Gasteiger partial charge on any atom is -0.477 e. The molecule has 0 unspecified atom stereocenters. The van der Waals surface area contributed by atoms with E-state index in [1.54, 1.807) is 18.2 Å². The third-order valence-corrected chi connectivity index (χ3v) is 3.47. The van der Waals surface area contributed by atoms with Crippen molar-refractivity contribution in [3.8, 4) is 6.07 Å². The smallest absolute Gasteiger partial charge is 0.346 e. The number of carboxylic acid groups (broad SMARTS) is 1. The fourth-order valence-electron chi connectivity index (χ4n) is 1.31. The predicted molar refractivity (Wildman–Crippen MR) is 77.8 cm³/mol. The summed E-state index contributed by atoms with van der Waals surface area (Å²) in [6.07, 6.45) is 5.78. The molecule has 1 rings (SSSR count). The lowest BCUT2D eigenvalue weighted by Gasteiger charge is -1.99. The van der Waals surface area contributed by atoms with Crippen molar-refractivity contribution >= 4 is 23.8 Å². The highest BCUT2D eigenvalue weighted by atomic mass is 32.2. The number of nitriles is 1. The number of hydrogen-bond donors (Lipinski definition) is 1. The Morgan fingerprint density at radius 1 is 1.42 bits per heavy atom. The van der Waals surface area contributed by atoms with Gasteiger partial charge in [-0.2, -0.15) is 5.26 Å². The minimum absolute atomic E-state index is 0.272. The van der Waals surface area contributed by atoms with Crippen molar-refractivity contribution in [3.05, 3.63) is 47.6 Å². The predicted octanol–water partition coefficient (Wildman–Crippen LogP) is 3.74. The van der Waals surface area contributed by atoms with E-state index in [4.69, 9.17) is 10.4 Å². The van der Waals surface area contributed by atoms with Crippen LogP contribution in [0, 0.1) is 11.3 Å². The maximum absolute atomic E-state index is 10.6. The lowest BCUT2D eigenvalue weighted by Crippen LogP contribution is -1.96. The van der Waals surface area contributed by atoms with Crippen molar-refractivity contribution in [2.45, 2.75) is 18.2 Å². The molecule has 0 aromatic heterocycles. The summed E-state index contributed by atoms with van der Waals surface area (Å²) in [5.41, 5.74) is 0.700. The highest BCUT2D eigenvalue weighted by Gasteiger charge is 2.02. The summed E-state index contributed by atoms with van der Waals surface area (Å²) >= 11 is 1.81. The van der Waals surface area contributed by atoms with Crippen molar-refractivity contribution in [3.63, 3.8) is 0 Å². The first-order valence-corrected chi connectivity index (χ1v) is 6.90. The van der Waals surface area contributed by atoms with Crippen LogP contribution in [0.4, 0.5) is 0 Å². The minimum atomic E-state index is -1.21. The van der Waals surface area contributed by atoms with Crippen LogP contribution in [-0.4, -0.2) is 16.8 Å². The summed E-state index contributed by atoms with van der Waals surface area (Å²) in [6.45, 7) is 2.14. The molecule has 1 aromatic rings. The van der Waals surface area contributed by atoms with E-state index in [0.29, 0.717) is 0 Å². The van der Waals surface area contributed by atoms with Crippen LogP contribution in [0.1, 0.15) is 18.9 Å². The first-order chi connectivity index (χ1) is 9.17. The molecule has 0 aliphatic carbocycles. The summed E-state index contributed by atoms with van der Waals surface area (Å²) in [5.74, 6) is -0.110. The van der Waals surface area contributed by atoms with Crippen molar-refractivity contribution in [2.24, 2.45) is 0 Å². The fraction of sp³-hybridized carbons (Fsp3) is 0.200. The van der Waals surface area contributed by atoms with Crippen LogP contribution < -0.4 is 0 Å². The Labute approximate surface area is 117 Å². The molecule has 3 nitrogen and oxygen atoms in total. The van der Waals surface area contributed by atoms with Crippen molar-refractivity contribution in [1.82, 2.24) is 0 Å². The van der Waals surface area contributed by atoms with E-state index in [0.717, 1.165) is 17.7 Å². The van der Waals surface area contributed by atoms with Gasteiger partial charge in [0.1, 0.15) is 11.6 Å². The number of nitrogens with zero attached hydrogens (tertiary/aromatic N) is 1. The van der Waals surface area contributed by atoms with Gasteiger partial charge in [-0.15, -0.1) is 11.8 Å². The Morgan fingerprint density at radius 2 is 2.11 bits per heavy atom. The maximum Gasteiger partial charge on any atom is 0.346 e. The Kier molecular flexibility index (Phi) is 6.48. The van der Waals surface area contributed by atoms with Gasteiger partial charge in [-0.05, 0) is 35.9 Å². The van der Waals surface area contributed by atoms with E-state index in [9.17, 15) is 4.79 Å². The lowest BCUT2D eigenvalue weighted by atomic mass is 10.2. The summed E-state index contributed by atoms with van der Waals surface area (Å²) in [6, 6.07) is 9.63. The number of thioether (sulfide) groups is 1. The third kappa shape index (κ3) is 5.45. The van der Waals surface area contributed by atoms with Gasteiger partial charge in [0.25, 0.3) is 0 Å². The van der Waals surface area contributed by atoms with E-state index in [1.165, 1.54) is 11.0 Å². The normalized spacial score (nSPS) is 11.5. The second-order valence-electron chi connectivity index (χ2n) is 3.77. The van der Waals surface area contributed by atoms with Crippen LogP contribution in [0.3, 0.4) is 0 Å². The largest absolute Gasteiger partial charge is 0.477 e. The first kappa shape index (κ1) is 15.1. The van der Waals surface area contributed by atoms with Crippen LogP contribution in [0.2, 0.25) is 0 Å². The van der Waals surface area contributed by atoms with Crippen molar-refractivity contribution in [2.75, 3.05) is 5.75 Å². The first-order valence-electron chi connectivity index (χ1n) is 5.92. The molecule has 0 aliphatic rings. The molecule has 0 fully saturated rings. The third-order valence-electron chi connectivity index (χ3n) is 2.26. The topological polar surface area (TPSA) is 61.1 Å². The number of benzene rings is 1. The zero-order chi connectivity index (χ0) is 14.1. The lowest BCUT2D eigenvalue weighted by molar-refractivity contribution is -0.132. The molecular weight excluding hydrogens is 258 g/mol. The average Bonchev–Trinajstić information content (AvgIpc) is 2.42. The zero-order valence-corrected chi connectivity index (χ0v) is 11.5. The molecule has 1 N–H and O–H groups in total. The Bertz CT molecular complexity index is 524. The molecule has 0 amide bonds. The monoisotopic (exact) mass is 273 g/mol. The fourth-order valence-corrected chi connectivity index (χ4v) is 2.08. The molecule has 0 spiro atoms.